The van der Waals surface area contributed by atoms with Crippen molar-refractivity contribution in [3.63, 3.8) is 0 Å². The number of hydrogen-bond acceptors (Lipinski definition) is 7. The van der Waals surface area contributed by atoms with Gasteiger partial charge in [0.25, 0.3) is 5.91 Å². The van der Waals surface area contributed by atoms with Gasteiger partial charge in [-0.1, -0.05) is 9.61 Å². The summed E-state index contributed by atoms with van der Waals surface area (Å²) >= 11 is -1.48. The molecule has 2 atom stereocenters. The van der Waals surface area contributed by atoms with Gasteiger partial charge in [-0.25, -0.2) is 23.0 Å². The van der Waals surface area contributed by atoms with Crippen molar-refractivity contribution < 1.29 is 31.3 Å². The Bertz CT molecular complexity index is 1360. The molecule has 1 aliphatic carbocycles. The highest BCUT2D eigenvalue weighted by Gasteiger charge is 2.39. The van der Waals surface area contributed by atoms with Crippen molar-refractivity contribution in [1.82, 2.24) is 34.9 Å². The molecule has 4 rings (SSSR count). The number of hydrogen-bond donors (Lipinski definition) is 1. The van der Waals surface area contributed by atoms with E-state index in [9.17, 15) is 31.3 Å². The number of imidazole rings is 1. The average molecular weight is 589 g/mol. The Kier molecular flexibility index (Phi) is 8.49. The average Bonchev–Trinajstić information content (AvgIpc) is 3.50. The molecule has 0 bridgehead atoms. The smallest absolute Gasteiger partial charge is 0.390 e. The lowest BCUT2D eigenvalue weighted by Crippen LogP contribution is -2.38. The highest BCUT2D eigenvalue weighted by Crippen LogP contribution is 2.41. The van der Waals surface area contributed by atoms with Crippen molar-refractivity contribution >= 4 is 29.1 Å². The lowest BCUT2D eigenvalue weighted by molar-refractivity contribution is -0.137. The van der Waals surface area contributed by atoms with Crippen LogP contribution in [0.3, 0.4) is 0 Å². The van der Waals surface area contributed by atoms with Crippen LogP contribution in [-0.2, 0) is 17.9 Å². The highest BCUT2D eigenvalue weighted by atomic mass is 32.2. The van der Waals surface area contributed by atoms with Crippen molar-refractivity contribution in [3.05, 3.63) is 41.6 Å². The third-order valence-electron chi connectivity index (χ3n) is 6.48. The summed E-state index contributed by atoms with van der Waals surface area (Å²) in [7, 11) is 0. The molecule has 3 heterocycles. The summed E-state index contributed by atoms with van der Waals surface area (Å²) in [5.41, 5.74) is 1.05. The highest BCUT2D eigenvalue weighted by molar-refractivity contribution is 7.91. The van der Waals surface area contributed by atoms with Crippen LogP contribution in [0.1, 0.15) is 80.7 Å². The molecule has 1 unspecified atom stereocenters. The minimum absolute atomic E-state index is 0.0986. The number of carbonyl (C=O) groups is 1. The third-order valence-corrected chi connectivity index (χ3v) is 7.82. The van der Waals surface area contributed by atoms with Gasteiger partial charge >= 0.3 is 6.18 Å². The Morgan fingerprint density at radius 2 is 1.98 bits per heavy atom. The number of carbonyl (C=O) groups excluding carboxylic acids is 1. The molecule has 1 aliphatic rings. The Morgan fingerprint density at radius 3 is 2.62 bits per heavy atom. The number of fused-ring (bicyclic) bond motifs is 1. The van der Waals surface area contributed by atoms with Crippen molar-refractivity contribution in [2.24, 2.45) is 10.3 Å². The Morgan fingerprint density at radius 1 is 1.27 bits per heavy atom. The Labute approximate surface area is 229 Å². The fraction of sp³-hybridized carbons (Fsp3) is 0.583. The lowest BCUT2D eigenvalue weighted by atomic mass is 9.81. The van der Waals surface area contributed by atoms with Gasteiger partial charge in [-0.05, 0) is 45.6 Å². The van der Waals surface area contributed by atoms with Gasteiger partial charge in [-0.3, -0.25) is 4.79 Å². The van der Waals surface area contributed by atoms with Gasteiger partial charge in [0.05, 0.1) is 49.5 Å². The fourth-order valence-corrected chi connectivity index (χ4v) is 4.81. The number of rotatable bonds is 8. The van der Waals surface area contributed by atoms with E-state index >= 15 is 0 Å². The molecule has 10 nitrogen and oxygen atoms in total. The molecule has 0 radical (unpaired) electrons. The summed E-state index contributed by atoms with van der Waals surface area (Å²) < 4.78 is 84.1. The second kappa shape index (κ2) is 11.4. The molecule has 0 aliphatic heterocycles. The molecular formula is C24H29F5N8O2S. The zero-order valence-corrected chi connectivity index (χ0v) is 22.8. The number of nitrogens with one attached hydrogen (secondary N) is 1. The van der Waals surface area contributed by atoms with E-state index in [1.807, 2.05) is 0 Å². The van der Waals surface area contributed by atoms with Crippen molar-refractivity contribution in [3.8, 4) is 0 Å². The summed E-state index contributed by atoms with van der Waals surface area (Å²) in [5.74, 6) is -3.98. The molecule has 40 heavy (non-hydrogen) atoms. The van der Waals surface area contributed by atoms with Crippen molar-refractivity contribution in [2.75, 3.05) is 0 Å². The first-order valence-corrected chi connectivity index (χ1v) is 13.7. The summed E-state index contributed by atoms with van der Waals surface area (Å²) in [5, 5.41) is 14.2. The fourth-order valence-electron chi connectivity index (χ4n) is 4.27. The molecule has 218 valence electrons. The van der Waals surface area contributed by atoms with Crippen LogP contribution in [0, 0.1) is 5.92 Å². The monoisotopic (exact) mass is 588 g/mol. The van der Waals surface area contributed by atoms with Crippen molar-refractivity contribution in [1.29, 1.82) is 0 Å². The molecule has 1 saturated carbocycles. The maximum Gasteiger partial charge on any atom is 0.390 e. The van der Waals surface area contributed by atoms with Gasteiger partial charge < -0.3 is 9.87 Å². The predicted octanol–water partition coefficient (Wildman–Crippen LogP) is 4.45. The van der Waals surface area contributed by atoms with Crippen LogP contribution in [-0.4, -0.2) is 63.1 Å². The summed E-state index contributed by atoms with van der Waals surface area (Å²) in [6, 6.07) is 0.811. The van der Waals surface area contributed by atoms with Gasteiger partial charge in [-0.2, -0.15) is 18.3 Å². The minimum Gasteiger partial charge on any atom is -0.591 e. The third kappa shape index (κ3) is 7.53. The number of nitrogens with zero attached hydrogens (tertiary/aromatic N) is 7. The van der Waals surface area contributed by atoms with Crippen molar-refractivity contribution in [2.45, 2.75) is 82.3 Å². The van der Waals surface area contributed by atoms with E-state index in [2.05, 4.69) is 30.1 Å². The van der Waals surface area contributed by atoms with Crippen LogP contribution in [0.25, 0.3) is 5.65 Å². The molecule has 3 aromatic rings. The summed E-state index contributed by atoms with van der Waals surface area (Å²) in [4.78, 5) is 17.7. The standard InChI is InChI=1S/C24H29F5N8O2S/c1-22(2,3)40(39)32-12-15-10-19-33-17(14-37(19)31-11-15)20(16-4-6-23(25,26)7-5-16)34-21(38)18-13-30-35-36(18)9-8-24(27,28)29/h10-14,16,20H,4-9H2,1-3H3,(H,34,38)/t20-,40?/m0/s1. The van der Waals surface area contributed by atoms with E-state index < -0.39 is 59.0 Å². The molecule has 1 fully saturated rings. The normalized spacial score (nSPS) is 18.3. The van der Waals surface area contributed by atoms with E-state index in [0.717, 1.165) is 10.9 Å². The van der Waals surface area contributed by atoms with Gasteiger partial charge in [0.2, 0.25) is 5.92 Å². The zero-order valence-electron chi connectivity index (χ0n) is 22.0. The molecule has 3 aromatic heterocycles. The number of aromatic nitrogens is 6. The molecule has 0 saturated heterocycles. The van der Waals surface area contributed by atoms with Gasteiger partial charge in [0, 0.05) is 18.4 Å². The predicted molar refractivity (Wildman–Crippen MR) is 136 cm³/mol. The van der Waals surface area contributed by atoms with E-state index in [1.54, 1.807) is 33.0 Å². The van der Waals surface area contributed by atoms with Crippen LogP contribution in [0.4, 0.5) is 22.0 Å². The quantitative estimate of drug-likeness (QED) is 0.236. The van der Waals surface area contributed by atoms with E-state index in [-0.39, 0.29) is 31.4 Å². The first kappa shape index (κ1) is 29.8. The first-order valence-electron chi connectivity index (χ1n) is 12.6. The van der Waals surface area contributed by atoms with Crippen LogP contribution in [0.2, 0.25) is 0 Å². The maximum absolute atomic E-state index is 13.9. The van der Waals surface area contributed by atoms with Crippen LogP contribution < -0.4 is 5.32 Å². The molecule has 1 N–H and O–H groups in total. The largest absolute Gasteiger partial charge is 0.591 e. The van der Waals surface area contributed by atoms with E-state index in [1.165, 1.54) is 16.9 Å². The van der Waals surface area contributed by atoms with E-state index in [4.69, 9.17) is 0 Å². The maximum atomic E-state index is 13.9. The van der Waals surface area contributed by atoms with E-state index in [0.29, 0.717) is 16.9 Å². The number of alkyl halides is 5. The van der Waals surface area contributed by atoms with Gasteiger partial charge in [-0.15, -0.1) is 5.10 Å². The number of amides is 1. The molecule has 16 heteroatoms. The number of aryl methyl sites for hydroxylation is 1. The molecular weight excluding hydrogens is 559 g/mol. The first-order chi connectivity index (χ1) is 18.6. The Hall–Kier alpha value is -3.14. The second-order valence-electron chi connectivity index (χ2n) is 10.7. The molecule has 1 amide bonds. The second-order valence-corrected chi connectivity index (χ2v) is 12.6. The lowest BCUT2D eigenvalue weighted by Gasteiger charge is -2.33. The molecule has 0 aromatic carbocycles. The van der Waals surface area contributed by atoms with Gasteiger partial charge in [0.1, 0.15) is 21.8 Å². The minimum atomic E-state index is -4.45. The van der Waals surface area contributed by atoms with Crippen LogP contribution >= 0.6 is 0 Å². The molecule has 0 spiro atoms. The van der Waals surface area contributed by atoms with Gasteiger partial charge in [0.15, 0.2) is 5.65 Å². The van der Waals surface area contributed by atoms with Crippen LogP contribution in [0.5, 0.6) is 0 Å². The Balaban J connectivity index is 1.60. The zero-order chi connectivity index (χ0) is 29.3. The summed E-state index contributed by atoms with van der Waals surface area (Å²) in [6.45, 7) is 4.77. The SMILES string of the molecule is CC(C)(C)[S+]([O-])N=Cc1cnn2cc([C@@H](NC(=O)c3cnnn3CCC(F)(F)F)C3CCC(F)(F)CC3)nc2c1. The van der Waals surface area contributed by atoms with Crippen LogP contribution in [0.15, 0.2) is 29.1 Å². The summed E-state index contributed by atoms with van der Waals surface area (Å²) in [6.07, 6.45) is -0.686. The number of halogens is 5. The topological polar surface area (TPSA) is 125 Å².